The number of aliphatic hydroxyl groups is 2. The smallest absolute Gasteiger partial charge is 0.159 e. The van der Waals surface area contributed by atoms with Crippen LogP contribution in [0.15, 0.2) is 18.2 Å². The summed E-state index contributed by atoms with van der Waals surface area (Å²) in [6, 6.07) is 3.54. The van der Waals surface area contributed by atoms with Crippen LogP contribution >= 0.6 is 0 Å². The van der Waals surface area contributed by atoms with E-state index in [1.165, 1.54) is 6.07 Å². The van der Waals surface area contributed by atoms with Crippen LogP contribution in [0.2, 0.25) is 0 Å². The summed E-state index contributed by atoms with van der Waals surface area (Å²) in [6.07, 6.45) is 0.441. The van der Waals surface area contributed by atoms with Gasteiger partial charge in [-0.1, -0.05) is 6.07 Å². The molecule has 1 unspecified atom stereocenters. The molecule has 0 aliphatic heterocycles. The molecule has 1 aromatic rings. The van der Waals surface area contributed by atoms with Crippen LogP contribution in [0.5, 0.6) is 0 Å². The summed E-state index contributed by atoms with van der Waals surface area (Å²) in [5, 5.41) is 17.9. The van der Waals surface area contributed by atoms with Crippen molar-refractivity contribution < 1.29 is 19.0 Å². The molecule has 0 aromatic heterocycles. The molecule has 1 rings (SSSR count). The lowest BCUT2D eigenvalue weighted by Crippen LogP contribution is -2.35. The van der Waals surface area contributed by atoms with Gasteiger partial charge >= 0.3 is 0 Å². The van der Waals surface area contributed by atoms with Crippen LogP contribution < -0.4 is 0 Å². The fraction of sp³-hybridized carbons (Fsp3) is 0.500. The second kappa shape index (κ2) is 6.64. The van der Waals surface area contributed by atoms with E-state index >= 15 is 0 Å². The first kappa shape index (κ1) is 14.0. The van der Waals surface area contributed by atoms with Crippen molar-refractivity contribution in [3.8, 4) is 0 Å². The maximum absolute atomic E-state index is 13.0. The van der Waals surface area contributed by atoms with Crippen molar-refractivity contribution in [2.75, 3.05) is 20.3 Å². The molecule has 0 spiro atoms. The molecule has 0 bridgehead atoms. The monoisotopic (exact) mass is 245 g/mol. The van der Waals surface area contributed by atoms with Crippen LogP contribution in [0, 0.1) is 11.6 Å². The van der Waals surface area contributed by atoms with E-state index in [1.54, 1.807) is 11.9 Å². The van der Waals surface area contributed by atoms with E-state index in [1.807, 2.05) is 0 Å². The molecule has 0 aliphatic rings. The minimum Gasteiger partial charge on any atom is -0.396 e. The molecule has 3 nitrogen and oxygen atoms in total. The molecule has 17 heavy (non-hydrogen) atoms. The van der Waals surface area contributed by atoms with E-state index in [0.29, 0.717) is 18.5 Å². The zero-order chi connectivity index (χ0) is 12.8. The summed E-state index contributed by atoms with van der Waals surface area (Å²) in [7, 11) is 1.76. The predicted molar refractivity (Wildman–Crippen MR) is 60.4 cm³/mol. The normalized spacial score (nSPS) is 13.1. The van der Waals surface area contributed by atoms with Gasteiger partial charge in [0.2, 0.25) is 0 Å². The molecule has 1 atom stereocenters. The second-order valence-electron chi connectivity index (χ2n) is 4.01. The summed E-state index contributed by atoms with van der Waals surface area (Å²) in [5.41, 5.74) is 0.628. The van der Waals surface area contributed by atoms with Gasteiger partial charge in [0.05, 0.1) is 6.61 Å². The number of halogens is 2. The Morgan fingerprint density at radius 3 is 2.47 bits per heavy atom. The number of hydrogen-bond donors (Lipinski definition) is 2. The molecule has 96 valence electrons. The molecule has 0 saturated heterocycles. The Kier molecular flexibility index (Phi) is 5.47. The third kappa shape index (κ3) is 4.03. The second-order valence-corrected chi connectivity index (χ2v) is 4.01. The van der Waals surface area contributed by atoms with E-state index in [0.717, 1.165) is 12.1 Å². The molecule has 0 fully saturated rings. The standard InChI is InChI=1S/C12H17F2NO2/c1-15(10(8-17)4-5-16)7-9-2-3-11(13)12(14)6-9/h2-3,6,10,16-17H,4-5,7-8H2,1H3. The number of rotatable bonds is 6. The maximum atomic E-state index is 13.0. The summed E-state index contributed by atoms with van der Waals surface area (Å²) in [6.45, 7) is 0.288. The fourth-order valence-electron chi connectivity index (χ4n) is 1.66. The van der Waals surface area contributed by atoms with Gasteiger partial charge in [-0.15, -0.1) is 0 Å². The van der Waals surface area contributed by atoms with Gasteiger partial charge in [-0.05, 0) is 31.2 Å². The van der Waals surface area contributed by atoms with E-state index in [9.17, 15) is 8.78 Å². The number of likely N-dealkylation sites (N-methyl/N-ethyl adjacent to an activating group) is 1. The van der Waals surface area contributed by atoms with Gasteiger partial charge in [-0.2, -0.15) is 0 Å². The summed E-state index contributed by atoms with van der Waals surface area (Å²) < 4.78 is 25.7. The van der Waals surface area contributed by atoms with Crippen molar-refractivity contribution in [2.45, 2.75) is 19.0 Å². The zero-order valence-corrected chi connectivity index (χ0v) is 9.74. The van der Waals surface area contributed by atoms with Gasteiger partial charge in [-0.3, -0.25) is 4.90 Å². The lowest BCUT2D eigenvalue weighted by atomic mass is 10.1. The summed E-state index contributed by atoms with van der Waals surface area (Å²) >= 11 is 0. The third-order valence-electron chi connectivity index (χ3n) is 2.71. The molecule has 2 N–H and O–H groups in total. The molecule has 0 amide bonds. The first-order valence-electron chi connectivity index (χ1n) is 5.44. The highest BCUT2D eigenvalue weighted by Crippen LogP contribution is 2.12. The van der Waals surface area contributed by atoms with Gasteiger partial charge in [0.1, 0.15) is 0 Å². The maximum Gasteiger partial charge on any atom is 0.159 e. The molecule has 0 saturated carbocycles. The Balaban J connectivity index is 2.66. The molecule has 0 heterocycles. The topological polar surface area (TPSA) is 43.7 Å². The highest BCUT2D eigenvalue weighted by molar-refractivity contribution is 5.17. The van der Waals surface area contributed by atoms with Crippen LogP contribution in [0.25, 0.3) is 0 Å². The summed E-state index contributed by atoms with van der Waals surface area (Å²) in [5.74, 6) is -1.75. The van der Waals surface area contributed by atoms with E-state index in [4.69, 9.17) is 10.2 Å². The molecular weight excluding hydrogens is 228 g/mol. The first-order chi connectivity index (χ1) is 8.08. The minimum atomic E-state index is -0.876. The van der Waals surface area contributed by atoms with Crippen molar-refractivity contribution >= 4 is 0 Å². The average molecular weight is 245 g/mol. The fourth-order valence-corrected chi connectivity index (χ4v) is 1.66. The number of hydrogen-bond acceptors (Lipinski definition) is 3. The Morgan fingerprint density at radius 2 is 1.94 bits per heavy atom. The Morgan fingerprint density at radius 1 is 1.24 bits per heavy atom. The number of benzene rings is 1. The van der Waals surface area contributed by atoms with Crippen LogP contribution in [-0.4, -0.2) is 41.4 Å². The Bertz CT molecular complexity index is 360. The molecule has 1 aromatic carbocycles. The van der Waals surface area contributed by atoms with Gasteiger partial charge in [0.15, 0.2) is 11.6 Å². The molecule has 0 radical (unpaired) electrons. The SMILES string of the molecule is CN(Cc1ccc(F)c(F)c1)C(CO)CCO. The van der Waals surface area contributed by atoms with Crippen molar-refractivity contribution in [1.82, 2.24) is 4.90 Å². The minimum absolute atomic E-state index is 0.0205. The quantitative estimate of drug-likeness (QED) is 0.790. The Labute approximate surface area is 99.3 Å². The van der Waals surface area contributed by atoms with E-state index in [-0.39, 0.29) is 19.3 Å². The zero-order valence-electron chi connectivity index (χ0n) is 9.74. The van der Waals surface area contributed by atoms with Gasteiger partial charge < -0.3 is 10.2 Å². The van der Waals surface area contributed by atoms with Gasteiger partial charge in [0.25, 0.3) is 0 Å². The third-order valence-corrected chi connectivity index (χ3v) is 2.71. The largest absolute Gasteiger partial charge is 0.396 e. The van der Waals surface area contributed by atoms with E-state index in [2.05, 4.69) is 0 Å². The van der Waals surface area contributed by atoms with Crippen molar-refractivity contribution in [3.05, 3.63) is 35.4 Å². The molecular formula is C12H17F2NO2. The number of nitrogens with zero attached hydrogens (tertiary/aromatic N) is 1. The van der Waals surface area contributed by atoms with Crippen molar-refractivity contribution in [2.24, 2.45) is 0 Å². The van der Waals surface area contributed by atoms with Gasteiger partial charge in [0, 0.05) is 19.2 Å². The predicted octanol–water partition coefficient (Wildman–Crippen LogP) is 1.14. The van der Waals surface area contributed by atoms with Crippen LogP contribution in [0.3, 0.4) is 0 Å². The summed E-state index contributed by atoms with van der Waals surface area (Å²) in [4.78, 5) is 1.79. The number of aliphatic hydroxyl groups excluding tert-OH is 2. The van der Waals surface area contributed by atoms with Crippen LogP contribution in [-0.2, 0) is 6.54 Å². The van der Waals surface area contributed by atoms with Crippen molar-refractivity contribution in [3.63, 3.8) is 0 Å². The van der Waals surface area contributed by atoms with E-state index < -0.39 is 11.6 Å². The lowest BCUT2D eigenvalue weighted by molar-refractivity contribution is 0.115. The lowest BCUT2D eigenvalue weighted by Gasteiger charge is -2.25. The highest BCUT2D eigenvalue weighted by atomic mass is 19.2. The van der Waals surface area contributed by atoms with Gasteiger partial charge in [-0.25, -0.2) is 8.78 Å². The average Bonchev–Trinajstić information content (AvgIpc) is 2.30. The van der Waals surface area contributed by atoms with Crippen molar-refractivity contribution in [1.29, 1.82) is 0 Å². The van der Waals surface area contributed by atoms with Crippen LogP contribution in [0.1, 0.15) is 12.0 Å². The highest BCUT2D eigenvalue weighted by Gasteiger charge is 2.14. The van der Waals surface area contributed by atoms with Crippen LogP contribution in [0.4, 0.5) is 8.78 Å². The molecule has 5 heteroatoms. The molecule has 0 aliphatic carbocycles. The first-order valence-corrected chi connectivity index (χ1v) is 5.44. The Hall–Kier alpha value is -1.04.